The maximum absolute atomic E-state index is 11.4. The largest absolute Gasteiger partial charge is 0.368 e. The molecule has 5 heteroatoms. The van der Waals surface area contributed by atoms with E-state index in [1.807, 2.05) is 19.1 Å². The molecule has 0 saturated carbocycles. The van der Waals surface area contributed by atoms with Crippen molar-refractivity contribution in [1.29, 1.82) is 0 Å². The molecule has 5 nitrogen and oxygen atoms in total. The van der Waals surface area contributed by atoms with Gasteiger partial charge in [0.2, 0.25) is 5.91 Å². The van der Waals surface area contributed by atoms with E-state index in [4.69, 9.17) is 5.73 Å². The van der Waals surface area contributed by atoms with Gasteiger partial charge in [-0.1, -0.05) is 6.07 Å². The SMILES string of the molecule is Cc1cccnc1CN1CCNCC1C(N)=O. The third kappa shape index (κ3) is 2.81. The summed E-state index contributed by atoms with van der Waals surface area (Å²) in [6.45, 7) is 5.05. The smallest absolute Gasteiger partial charge is 0.236 e. The van der Waals surface area contributed by atoms with Gasteiger partial charge in [0.25, 0.3) is 0 Å². The summed E-state index contributed by atoms with van der Waals surface area (Å²) in [4.78, 5) is 17.8. The highest BCUT2D eigenvalue weighted by molar-refractivity contribution is 5.80. The Bertz CT molecular complexity index is 407. The molecule has 1 fully saturated rings. The van der Waals surface area contributed by atoms with Crippen LogP contribution in [0.25, 0.3) is 0 Å². The minimum Gasteiger partial charge on any atom is -0.368 e. The van der Waals surface area contributed by atoms with E-state index in [1.165, 1.54) is 0 Å². The van der Waals surface area contributed by atoms with Gasteiger partial charge in [0.1, 0.15) is 6.04 Å². The van der Waals surface area contributed by atoms with Gasteiger partial charge in [0, 0.05) is 32.4 Å². The van der Waals surface area contributed by atoms with Crippen molar-refractivity contribution in [3.63, 3.8) is 0 Å². The Kier molecular flexibility index (Phi) is 3.71. The zero-order valence-electron chi connectivity index (χ0n) is 10.0. The number of pyridine rings is 1. The van der Waals surface area contributed by atoms with Crippen LogP contribution in [0.15, 0.2) is 18.3 Å². The molecular weight excluding hydrogens is 216 g/mol. The van der Waals surface area contributed by atoms with Crippen molar-refractivity contribution in [3.8, 4) is 0 Å². The Morgan fingerprint density at radius 3 is 3.24 bits per heavy atom. The van der Waals surface area contributed by atoms with E-state index in [-0.39, 0.29) is 11.9 Å². The number of carbonyl (C=O) groups is 1. The maximum atomic E-state index is 11.4. The number of nitrogens with one attached hydrogen (secondary N) is 1. The Hall–Kier alpha value is -1.46. The lowest BCUT2D eigenvalue weighted by Crippen LogP contribution is -2.56. The fraction of sp³-hybridized carbons (Fsp3) is 0.500. The summed E-state index contributed by atoms with van der Waals surface area (Å²) >= 11 is 0. The Morgan fingerprint density at radius 2 is 2.53 bits per heavy atom. The number of hydrogen-bond acceptors (Lipinski definition) is 4. The summed E-state index contributed by atoms with van der Waals surface area (Å²) in [5.41, 5.74) is 7.57. The van der Waals surface area contributed by atoms with E-state index in [0.29, 0.717) is 13.1 Å². The summed E-state index contributed by atoms with van der Waals surface area (Å²) in [5.74, 6) is -0.272. The first-order valence-electron chi connectivity index (χ1n) is 5.83. The second-order valence-corrected chi connectivity index (χ2v) is 4.36. The number of carbonyl (C=O) groups excluding carboxylic acids is 1. The van der Waals surface area contributed by atoms with Crippen LogP contribution in [-0.4, -0.2) is 41.5 Å². The molecule has 2 heterocycles. The van der Waals surface area contributed by atoms with E-state index < -0.39 is 0 Å². The van der Waals surface area contributed by atoms with Crippen LogP contribution in [0.2, 0.25) is 0 Å². The van der Waals surface area contributed by atoms with E-state index in [2.05, 4.69) is 15.2 Å². The van der Waals surface area contributed by atoms with Crippen molar-refractivity contribution >= 4 is 5.91 Å². The number of nitrogens with zero attached hydrogens (tertiary/aromatic N) is 2. The van der Waals surface area contributed by atoms with E-state index in [9.17, 15) is 4.79 Å². The first kappa shape index (κ1) is 12.0. The summed E-state index contributed by atoms with van der Waals surface area (Å²) in [5, 5.41) is 3.18. The molecule has 0 spiro atoms. The Balaban J connectivity index is 2.11. The fourth-order valence-corrected chi connectivity index (χ4v) is 2.09. The molecule has 1 unspecified atom stereocenters. The van der Waals surface area contributed by atoms with Gasteiger partial charge >= 0.3 is 0 Å². The van der Waals surface area contributed by atoms with Crippen LogP contribution in [-0.2, 0) is 11.3 Å². The summed E-state index contributed by atoms with van der Waals surface area (Å²) < 4.78 is 0. The molecule has 2 rings (SSSR count). The summed E-state index contributed by atoms with van der Waals surface area (Å²) in [7, 11) is 0. The second-order valence-electron chi connectivity index (χ2n) is 4.36. The van der Waals surface area contributed by atoms with Crippen LogP contribution >= 0.6 is 0 Å². The Morgan fingerprint density at radius 1 is 1.71 bits per heavy atom. The highest BCUT2D eigenvalue weighted by Crippen LogP contribution is 2.11. The van der Waals surface area contributed by atoms with Crippen LogP contribution < -0.4 is 11.1 Å². The standard InChI is InChI=1S/C12H18N4O/c1-9-3-2-4-15-10(9)8-16-6-5-14-7-11(16)12(13)17/h2-4,11,14H,5-8H2,1H3,(H2,13,17). The number of nitrogens with two attached hydrogens (primary N) is 1. The topological polar surface area (TPSA) is 71.2 Å². The maximum Gasteiger partial charge on any atom is 0.236 e. The van der Waals surface area contributed by atoms with Gasteiger partial charge in [-0.3, -0.25) is 14.7 Å². The van der Waals surface area contributed by atoms with Gasteiger partial charge in [-0.25, -0.2) is 0 Å². The van der Waals surface area contributed by atoms with Gasteiger partial charge in [-0.05, 0) is 18.6 Å². The summed E-state index contributed by atoms with van der Waals surface area (Å²) in [6.07, 6.45) is 1.78. The first-order valence-corrected chi connectivity index (χ1v) is 5.83. The number of aromatic nitrogens is 1. The van der Waals surface area contributed by atoms with Gasteiger partial charge in [0.05, 0.1) is 5.69 Å². The van der Waals surface area contributed by atoms with Crippen LogP contribution in [0.3, 0.4) is 0 Å². The predicted octanol–water partition coefficient (Wildman–Crippen LogP) is -0.351. The number of aryl methyl sites for hydroxylation is 1. The Labute approximate surface area is 101 Å². The van der Waals surface area contributed by atoms with E-state index in [0.717, 1.165) is 24.3 Å². The number of hydrogen-bond donors (Lipinski definition) is 2. The molecule has 1 aromatic rings. The van der Waals surface area contributed by atoms with Crippen molar-refractivity contribution in [2.45, 2.75) is 19.5 Å². The van der Waals surface area contributed by atoms with Gasteiger partial charge < -0.3 is 11.1 Å². The zero-order chi connectivity index (χ0) is 12.3. The number of primary amides is 1. The normalized spacial score (nSPS) is 21.4. The average Bonchev–Trinajstić information content (AvgIpc) is 2.32. The molecule has 0 aliphatic carbocycles. The molecule has 1 aliphatic heterocycles. The minimum atomic E-state index is -0.272. The summed E-state index contributed by atoms with van der Waals surface area (Å²) in [6, 6.07) is 3.72. The van der Waals surface area contributed by atoms with Crippen LogP contribution in [0.4, 0.5) is 0 Å². The number of amides is 1. The van der Waals surface area contributed by atoms with Gasteiger partial charge in [-0.15, -0.1) is 0 Å². The molecular formula is C12H18N4O. The van der Waals surface area contributed by atoms with E-state index >= 15 is 0 Å². The average molecular weight is 234 g/mol. The first-order chi connectivity index (χ1) is 8.18. The monoisotopic (exact) mass is 234 g/mol. The van der Waals surface area contributed by atoms with Crippen LogP contribution in [0.1, 0.15) is 11.3 Å². The molecule has 17 heavy (non-hydrogen) atoms. The second kappa shape index (κ2) is 5.25. The number of rotatable bonds is 3. The van der Waals surface area contributed by atoms with Crippen molar-refractivity contribution in [3.05, 3.63) is 29.6 Å². The van der Waals surface area contributed by atoms with E-state index in [1.54, 1.807) is 6.20 Å². The molecule has 1 atom stereocenters. The minimum absolute atomic E-state index is 0.231. The van der Waals surface area contributed by atoms with Gasteiger partial charge in [-0.2, -0.15) is 0 Å². The van der Waals surface area contributed by atoms with Crippen molar-refractivity contribution in [1.82, 2.24) is 15.2 Å². The quantitative estimate of drug-likeness (QED) is 0.750. The van der Waals surface area contributed by atoms with Crippen molar-refractivity contribution in [2.75, 3.05) is 19.6 Å². The van der Waals surface area contributed by atoms with Crippen molar-refractivity contribution in [2.24, 2.45) is 5.73 Å². The predicted molar refractivity (Wildman–Crippen MR) is 65.2 cm³/mol. The molecule has 92 valence electrons. The van der Waals surface area contributed by atoms with Gasteiger partial charge in [0.15, 0.2) is 0 Å². The molecule has 1 aromatic heterocycles. The van der Waals surface area contributed by atoms with Crippen LogP contribution in [0, 0.1) is 6.92 Å². The third-order valence-electron chi connectivity index (χ3n) is 3.15. The lowest BCUT2D eigenvalue weighted by Gasteiger charge is -2.34. The third-order valence-corrected chi connectivity index (χ3v) is 3.15. The van der Waals surface area contributed by atoms with Crippen LogP contribution in [0.5, 0.6) is 0 Å². The molecule has 1 aliphatic rings. The zero-order valence-corrected chi connectivity index (χ0v) is 10.0. The molecule has 0 bridgehead atoms. The number of piperazine rings is 1. The highest BCUT2D eigenvalue weighted by atomic mass is 16.1. The molecule has 1 saturated heterocycles. The molecule has 3 N–H and O–H groups in total. The lowest BCUT2D eigenvalue weighted by atomic mass is 10.1. The molecule has 0 radical (unpaired) electrons. The lowest BCUT2D eigenvalue weighted by molar-refractivity contribution is -0.124. The molecule has 0 aromatic carbocycles. The fourth-order valence-electron chi connectivity index (χ4n) is 2.09. The highest BCUT2D eigenvalue weighted by Gasteiger charge is 2.27. The molecule has 1 amide bonds. The van der Waals surface area contributed by atoms with Crippen molar-refractivity contribution < 1.29 is 4.79 Å².